The van der Waals surface area contributed by atoms with E-state index in [1.807, 2.05) is 12.1 Å². The fourth-order valence-electron chi connectivity index (χ4n) is 4.27. The molecule has 0 spiro atoms. The van der Waals surface area contributed by atoms with E-state index in [0.717, 1.165) is 23.4 Å². The van der Waals surface area contributed by atoms with Gasteiger partial charge < -0.3 is 10.4 Å². The topological polar surface area (TPSA) is 49.3 Å². The summed E-state index contributed by atoms with van der Waals surface area (Å²) in [5.74, 6) is 1.17. The fraction of sp³-hybridized carbons (Fsp3) is 0.476. The number of hydrogen-bond acceptors (Lipinski definition) is 3. The summed E-state index contributed by atoms with van der Waals surface area (Å²) in [4.78, 5) is 13.7. The van der Waals surface area contributed by atoms with Gasteiger partial charge in [-0.2, -0.15) is 0 Å². The van der Waals surface area contributed by atoms with Crippen LogP contribution < -0.4 is 5.32 Å². The van der Waals surface area contributed by atoms with Gasteiger partial charge in [-0.05, 0) is 59.4 Å². The molecule has 4 heteroatoms. The molecule has 2 aliphatic rings. The highest BCUT2D eigenvalue weighted by Crippen LogP contribution is 2.50. The molecule has 25 heavy (non-hydrogen) atoms. The highest BCUT2D eigenvalue weighted by molar-refractivity contribution is 7.16. The quantitative estimate of drug-likeness (QED) is 0.749. The van der Waals surface area contributed by atoms with Crippen molar-refractivity contribution < 1.29 is 9.90 Å². The summed E-state index contributed by atoms with van der Waals surface area (Å²) in [6.45, 7) is 6.99. The van der Waals surface area contributed by atoms with Crippen molar-refractivity contribution in [2.45, 2.75) is 52.4 Å². The first-order valence-electron chi connectivity index (χ1n) is 9.06. The van der Waals surface area contributed by atoms with E-state index < -0.39 is 0 Å². The molecule has 1 aromatic heterocycles. The van der Waals surface area contributed by atoms with Crippen LogP contribution in [0.5, 0.6) is 5.75 Å². The summed E-state index contributed by atoms with van der Waals surface area (Å²) in [5.41, 5.74) is 4.24. The van der Waals surface area contributed by atoms with Crippen molar-refractivity contribution in [1.82, 2.24) is 0 Å². The second-order valence-electron chi connectivity index (χ2n) is 8.45. The van der Waals surface area contributed by atoms with Gasteiger partial charge in [-0.15, -0.1) is 11.3 Å². The van der Waals surface area contributed by atoms with E-state index in [0.29, 0.717) is 17.8 Å². The molecule has 0 bridgehead atoms. The number of rotatable bonds is 1. The van der Waals surface area contributed by atoms with Gasteiger partial charge in [0.2, 0.25) is 5.91 Å². The Labute approximate surface area is 153 Å². The summed E-state index contributed by atoms with van der Waals surface area (Å²) in [6.07, 6.45) is 3.93. The van der Waals surface area contributed by atoms with Crippen LogP contribution in [0.15, 0.2) is 24.3 Å². The Morgan fingerprint density at radius 3 is 2.56 bits per heavy atom. The highest BCUT2D eigenvalue weighted by atomic mass is 32.1. The first kappa shape index (κ1) is 16.6. The van der Waals surface area contributed by atoms with Crippen LogP contribution in [-0.2, 0) is 17.6 Å². The van der Waals surface area contributed by atoms with Crippen LogP contribution in [0.4, 0.5) is 5.00 Å². The van der Waals surface area contributed by atoms with E-state index in [1.54, 1.807) is 23.5 Å². The second-order valence-corrected chi connectivity index (χ2v) is 9.55. The average molecular weight is 356 g/mol. The number of phenols is 1. The largest absolute Gasteiger partial charge is 0.508 e. The van der Waals surface area contributed by atoms with Crippen LogP contribution in [0.2, 0.25) is 0 Å². The molecule has 0 radical (unpaired) electrons. The molecule has 4 rings (SSSR count). The lowest BCUT2D eigenvalue weighted by Crippen LogP contribution is -2.27. The molecule has 2 N–H and O–H groups in total. The van der Waals surface area contributed by atoms with Crippen molar-refractivity contribution >= 4 is 22.2 Å². The number of fused-ring (bicyclic) bond motifs is 3. The Hall–Kier alpha value is -1.81. The highest BCUT2D eigenvalue weighted by Gasteiger charge is 2.37. The number of hydrogen-bond donors (Lipinski definition) is 2. The van der Waals surface area contributed by atoms with Crippen molar-refractivity contribution in [3.8, 4) is 5.75 Å². The smallest absolute Gasteiger partial charge is 0.225 e. The predicted octanol–water partition coefficient (Wildman–Crippen LogP) is 5.08. The Morgan fingerprint density at radius 1 is 1.16 bits per heavy atom. The summed E-state index contributed by atoms with van der Waals surface area (Å²) in [5, 5.41) is 13.7. The third-order valence-electron chi connectivity index (χ3n) is 5.82. The van der Waals surface area contributed by atoms with Crippen molar-refractivity contribution in [3.05, 3.63) is 45.8 Å². The number of carbonyl (C=O) groups excluding carboxylic acids is 1. The lowest BCUT2D eigenvalue weighted by Gasteiger charge is -2.34. The Kier molecular flexibility index (Phi) is 3.91. The minimum atomic E-state index is 0.0940. The van der Waals surface area contributed by atoms with Crippen LogP contribution in [-0.4, -0.2) is 11.0 Å². The normalized spacial score (nSPS) is 22.9. The fourth-order valence-corrected chi connectivity index (χ4v) is 5.67. The minimum Gasteiger partial charge on any atom is -0.508 e. The van der Waals surface area contributed by atoms with Crippen LogP contribution in [0, 0.1) is 11.3 Å². The molecule has 0 unspecified atom stereocenters. The average Bonchev–Trinajstić information content (AvgIpc) is 2.91. The van der Waals surface area contributed by atoms with E-state index in [1.165, 1.54) is 22.4 Å². The van der Waals surface area contributed by atoms with Crippen LogP contribution in [0.25, 0.3) is 0 Å². The summed E-state index contributed by atoms with van der Waals surface area (Å²) in [7, 11) is 0. The molecular weight excluding hydrogens is 330 g/mol. The molecule has 3 nitrogen and oxygen atoms in total. The second kappa shape index (κ2) is 5.87. The van der Waals surface area contributed by atoms with Gasteiger partial charge in [0.05, 0.1) is 5.00 Å². The zero-order valence-electron chi connectivity index (χ0n) is 15.1. The van der Waals surface area contributed by atoms with Gasteiger partial charge in [-0.25, -0.2) is 0 Å². The first-order chi connectivity index (χ1) is 11.8. The van der Waals surface area contributed by atoms with Crippen LogP contribution in [0.1, 0.15) is 61.1 Å². The summed E-state index contributed by atoms with van der Waals surface area (Å²) >= 11 is 1.78. The number of aromatic hydroxyl groups is 1. The van der Waals surface area contributed by atoms with E-state index >= 15 is 0 Å². The van der Waals surface area contributed by atoms with Gasteiger partial charge in [0.25, 0.3) is 0 Å². The SMILES string of the molecule is CC(C)(C)[C@H]1CCc2c(sc3c2[C@@H](c2ccc(O)cc2)CC(=O)N3)C1. The van der Waals surface area contributed by atoms with Gasteiger partial charge >= 0.3 is 0 Å². The maximum atomic E-state index is 12.3. The third-order valence-corrected chi connectivity index (χ3v) is 7.00. The van der Waals surface area contributed by atoms with Gasteiger partial charge in [-0.3, -0.25) is 4.79 Å². The van der Waals surface area contributed by atoms with E-state index in [2.05, 4.69) is 26.1 Å². The molecule has 2 aromatic rings. The number of carbonyl (C=O) groups is 1. The Morgan fingerprint density at radius 2 is 1.88 bits per heavy atom. The van der Waals surface area contributed by atoms with Gasteiger partial charge in [-0.1, -0.05) is 32.9 Å². The van der Waals surface area contributed by atoms with E-state index in [9.17, 15) is 9.90 Å². The van der Waals surface area contributed by atoms with E-state index in [4.69, 9.17) is 0 Å². The van der Waals surface area contributed by atoms with Gasteiger partial charge in [0.1, 0.15) is 5.75 Å². The number of thiophene rings is 1. The molecule has 0 saturated heterocycles. The lowest BCUT2D eigenvalue weighted by molar-refractivity contribution is -0.116. The summed E-state index contributed by atoms with van der Waals surface area (Å²) < 4.78 is 0. The number of benzene rings is 1. The maximum Gasteiger partial charge on any atom is 0.225 e. The maximum absolute atomic E-state index is 12.3. The number of nitrogens with one attached hydrogen (secondary N) is 1. The Balaban J connectivity index is 1.76. The number of phenolic OH excluding ortho intramolecular Hbond substituents is 1. The molecule has 1 aliphatic carbocycles. The van der Waals surface area contributed by atoms with Crippen molar-refractivity contribution in [1.29, 1.82) is 0 Å². The molecule has 1 amide bonds. The van der Waals surface area contributed by atoms with Crippen LogP contribution >= 0.6 is 11.3 Å². The molecule has 132 valence electrons. The molecule has 0 saturated carbocycles. The zero-order valence-corrected chi connectivity index (χ0v) is 15.9. The molecule has 1 aromatic carbocycles. The molecule has 2 atom stereocenters. The zero-order chi connectivity index (χ0) is 17.8. The minimum absolute atomic E-state index is 0.0940. The molecule has 1 aliphatic heterocycles. The molecule has 2 heterocycles. The van der Waals surface area contributed by atoms with E-state index in [-0.39, 0.29) is 17.6 Å². The lowest BCUT2D eigenvalue weighted by atomic mass is 9.71. The Bertz CT molecular complexity index is 814. The summed E-state index contributed by atoms with van der Waals surface area (Å²) in [6, 6.07) is 7.34. The van der Waals surface area contributed by atoms with Crippen molar-refractivity contribution in [3.63, 3.8) is 0 Å². The molecule has 0 fully saturated rings. The van der Waals surface area contributed by atoms with Gasteiger partial charge in [0, 0.05) is 17.2 Å². The predicted molar refractivity (Wildman–Crippen MR) is 102 cm³/mol. The standard InChI is InChI=1S/C21H25NO2S/c1-21(2,3)13-6-9-15-17(10-13)25-20-19(15)16(11-18(24)22-20)12-4-7-14(23)8-5-12/h4-5,7-8,13,16,23H,6,9-11H2,1-3H3,(H,22,24)/t13-,16+/m0/s1. The number of amides is 1. The van der Waals surface area contributed by atoms with Gasteiger partial charge in [0.15, 0.2) is 0 Å². The molecular formula is C21H25NO2S. The van der Waals surface area contributed by atoms with Crippen LogP contribution in [0.3, 0.4) is 0 Å². The first-order valence-corrected chi connectivity index (χ1v) is 9.88. The van der Waals surface area contributed by atoms with Crippen molar-refractivity contribution in [2.24, 2.45) is 11.3 Å². The monoisotopic (exact) mass is 355 g/mol. The number of anilines is 1. The third kappa shape index (κ3) is 2.97. The van der Waals surface area contributed by atoms with Crippen molar-refractivity contribution in [2.75, 3.05) is 5.32 Å².